The second-order valence-corrected chi connectivity index (χ2v) is 11.0. The standard InChI is InChI=1S/C19H23BO2S3/c1-12-11-16(15-9-8-14(24-15)13-7-6-10-23-13)25-17(12)20-21-18(2,3)19(4,5)22-20/h6-8,10-11,15H,9H2,1-5H3. The zero-order valence-corrected chi connectivity index (χ0v) is 17.7. The van der Waals surface area contributed by atoms with Crippen molar-refractivity contribution in [1.29, 1.82) is 0 Å². The Labute approximate surface area is 162 Å². The molecule has 0 radical (unpaired) electrons. The van der Waals surface area contributed by atoms with Crippen molar-refractivity contribution in [2.45, 2.75) is 57.5 Å². The van der Waals surface area contributed by atoms with Crippen LogP contribution in [0.1, 0.15) is 54.7 Å². The average molecular weight is 390 g/mol. The van der Waals surface area contributed by atoms with E-state index in [2.05, 4.69) is 64.3 Å². The highest BCUT2D eigenvalue weighted by Crippen LogP contribution is 2.50. The Kier molecular flexibility index (Phi) is 4.48. The molecule has 2 aromatic rings. The van der Waals surface area contributed by atoms with E-state index >= 15 is 0 Å². The second kappa shape index (κ2) is 6.27. The highest BCUT2D eigenvalue weighted by atomic mass is 32.2. The Hall–Kier alpha value is -0.525. The maximum absolute atomic E-state index is 6.26. The number of rotatable bonds is 3. The monoisotopic (exact) mass is 390 g/mol. The molecule has 25 heavy (non-hydrogen) atoms. The molecule has 2 aromatic heterocycles. The maximum Gasteiger partial charge on any atom is 0.505 e. The molecule has 6 heteroatoms. The summed E-state index contributed by atoms with van der Waals surface area (Å²) in [7, 11) is -0.250. The van der Waals surface area contributed by atoms with Crippen LogP contribution in [-0.4, -0.2) is 18.3 Å². The molecule has 0 amide bonds. The fourth-order valence-electron chi connectivity index (χ4n) is 3.08. The van der Waals surface area contributed by atoms with Gasteiger partial charge in [-0.05, 0) is 64.1 Å². The van der Waals surface area contributed by atoms with Gasteiger partial charge in [0.05, 0.1) is 11.2 Å². The molecule has 132 valence electrons. The summed E-state index contributed by atoms with van der Waals surface area (Å²) in [6.45, 7) is 10.6. The molecule has 0 aromatic carbocycles. The van der Waals surface area contributed by atoms with Crippen molar-refractivity contribution in [2.75, 3.05) is 0 Å². The van der Waals surface area contributed by atoms with Crippen molar-refractivity contribution in [3.05, 3.63) is 45.0 Å². The SMILES string of the molecule is Cc1cc(C2CC=C(c3cccs3)S2)sc1B1OC(C)(C)C(C)(C)O1. The van der Waals surface area contributed by atoms with Gasteiger partial charge in [-0.2, -0.15) is 0 Å². The van der Waals surface area contributed by atoms with Gasteiger partial charge in [0.2, 0.25) is 0 Å². The van der Waals surface area contributed by atoms with Gasteiger partial charge < -0.3 is 9.31 Å². The molecular formula is C19H23BO2S3. The van der Waals surface area contributed by atoms with Crippen molar-refractivity contribution >= 4 is 51.2 Å². The third kappa shape index (κ3) is 3.17. The first-order valence-electron chi connectivity index (χ1n) is 8.63. The Morgan fingerprint density at radius 2 is 1.88 bits per heavy atom. The highest BCUT2D eigenvalue weighted by Gasteiger charge is 2.52. The fourth-order valence-corrected chi connectivity index (χ4v) is 6.51. The van der Waals surface area contributed by atoms with Crippen LogP contribution in [0.5, 0.6) is 0 Å². The molecule has 4 heterocycles. The lowest BCUT2D eigenvalue weighted by molar-refractivity contribution is 0.00578. The molecule has 0 aliphatic carbocycles. The number of thioether (sulfide) groups is 1. The molecule has 0 bridgehead atoms. The van der Waals surface area contributed by atoms with E-state index in [4.69, 9.17) is 9.31 Å². The first kappa shape index (κ1) is 17.9. The van der Waals surface area contributed by atoms with Crippen LogP contribution in [0, 0.1) is 6.92 Å². The Bertz CT molecular complexity index is 789. The molecule has 1 saturated heterocycles. The van der Waals surface area contributed by atoms with E-state index in [1.807, 2.05) is 34.4 Å². The van der Waals surface area contributed by atoms with E-state index in [-0.39, 0.29) is 18.3 Å². The van der Waals surface area contributed by atoms with Gasteiger partial charge in [0.25, 0.3) is 0 Å². The number of hydrogen-bond acceptors (Lipinski definition) is 5. The summed E-state index contributed by atoms with van der Waals surface area (Å²) in [6, 6.07) is 6.66. The van der Waals surface area contributed by atoms with E-state index in [1.54, 1.807) is 0 Å². The summed E-state index contributed by atoms with van der Waals surface area (Å²) in [4.78, 5) is 4.23. The smallest absolute Gasteiger partial charge is 0.399 e. The molecule has 1 unspecified atom stereocenters. The normalized spacial score (nSPS) is 24.8. The van der Waals surface area contributed by atoms with E-state index in [1.165, 1.54) is 25.0 Å². The maximum atomic E-state index is 6.26. The lowest BCUT2D eigenvalue weighted by atomic mass is 9.85. The van der Waals surface area contributed by atoms with Crippen molar-refractivity contribution in [3.8, 4) is 0 Å². The highest BCUT2D eigenvalue weighted by molar-refractivity contribution is 8.09. The minimum atomic E-state index is -0.287. The van der Waals surface area contributed by atoms with Crippen LogP contribution < -0.4 is 4.78 Å². The van der Waals surface area contributed by atoms with Crippen LogP contribution in [0.2, 0.25) is 0 Å². The fraction of sp³-hybridized carbons (Fsp3) is 0.474. The molecule has 4 rings (SSSR count). The van der Waals surface area contributed by atoms with Crippen molar-refractivity contribution < 1.29 is 9.31 Å². The third-order valence-electron chi connectivity index (χ3n) is 5.31. The van der Waals surface area contributed by atoms with Crippen LogP contribution >= 0.6 is 34.4 Å². The summed E-state index contributed by atoms with van der Waals surface area (Å²) in [5, 5.41) is 2.66. The molecule has 2 aliphatic rings. The van der Waals surface area contributed by atoms with Crippen LogP contribution in [-0.2, 0) is 9.31 Å². The molecule has 1 atom stereocenters. The quantitative estimate of drug-likeness (QED) is 0.633. The summed E-state index contributed by atoms with van der Waals surface area (Å²) >= 11 is 5.66. The van der Waals surface area contributed by atoms with Crippen molar-refractivity contribution in [3.63, 3.8) is 0 Å². The molecule has 2 aliphatic heterocycles. The van der Waals surface area contributed by atoms with Gasteiger partial charge >= 0.3 is 7.12 Å². The zero-order valence-electron chi connectivity index (χ0n) is 15.3. The van der Waals surface area contributed by atoms with Crippen LogP contribution in [0.25, 0.3) is 4.91 Å². The summed E-state index contributed by atoms with van der Waals surface area (Å²) in [5.41, 5.74) is 0.706. The van der Waals surface area contributed by atoms with Crippen LogP contribution in [0.15, 0.2) is 29.7 Å². The lowest BCUT2D eigenvalue weighted by Gasteiger charge is -2.32. The number of allylic oxidation sites excluding steroid dienone is 1. The predicted octanol–water partition coefficient (Wildman–Crippen LogP) is 5.64. The molecule has 0 N–H and O–H groups in total. The van der Waals surface area contributed by atoms with E-state index < -0.39 is 0 Å². The average Bonchev–Trinajstić information content (AvgIpc) is 3.27. The Morgan fingerprint density at radius 1 is 1.16 bits per heavy atom. The Balaban J connectivity index is 1.53. The topological polar surface area (TPSA) is 18.5 Å². The number of thiophene rings is 2. The first-order valence-corrected chi connectivity index (χ1v) is 11.2. The van der Waals surface area contributed by atoms with Crippen molar-refractivity contribution in [2.24, 2.45) is 0 Å². The second-order valence-electron chi connectivity index (χ2n) is 7.67. The van der Waals surface area contributed by atoms with Crippen LogP contribution in [0.3, 0.4) is 0 Å². The van der Waals surface area contributed by atoms with Crippen LogP contribution in [0.4, 0.5) is 0 Å². The zero-order chi connectivity index (χ0) is 17.8. The molecule has 1 fully saturated rings. The summed E-state index contributed by atoms with van der Waals surface area (Å²) in [5.74, 6) is 0. The molecule has 0 saturated carbocycles. The minimum Gasteiger partial charge on any atom is -0.399 e. The first-order chi connectivity index (χ1) is 11.8. The number of hydrogen-bond donors (Lipinski definition) is 0. The lowest BCUT2D eigenvalue weighted by Crippen LogP contribution is -2.41. The van der Waals surface area contributed by atoms with Gasteiger partial charge in [-0.15, -0.1) is 34.4 Å². The number of aryl methyl sites for hydroxylation is 1. The van der Waals surface area contributed by atoms with Gasteiger partial charge in [-0.25, -0.2) is 0 Å². The van der Waals surface area contributed by atoms with Gasteiger partial charge in [0, 0.05) is 24.7 Å². The minimum absolute atomic E-state index is 0.250. The molecular weight excluding hydrogens is 367 g/mol. The molecule has 2 nitrogen and oxygen atoms in total. The van der Waals surface area contributed by atoms with Gasteiger partial charge in [0.1, 0.15) is 0 Å². The van der Waals surface area contributed by atoms with Gasteiger partial charge in [0.15, 0.2) is 0 Å². The van der Waals surface area contributed by atoms with Crippen molar-refractivity contribution in [1.82, 2.24) is 0 Å². The van der Waals surface area contributed by atoms with E-state index in [0.717, 1.165) is 6.42 Å². The molecule has 0 spiro atoms. The van der Waals surface area contributed by atoms with E-state index in [9.17, 15) is 0 Å². The summed E-state index contributed by atoms with van der Waals surface area (Å²) in [6.07, 6.45) is 3.48. The Morgan fingerprint density at radius 3 is 2.52 bits per heavy atom. The third-order valence-corrected chi connectivity index (χ3v) is 9.24. The predicted molar refractivity (Wildman–Crippen MR) is 112 cm³/mol. The van der Waals surface area contributed by atoms with E-state index in [0.29, 0.717) is 5.25 Å². The van der Waals surface area contributed by atoms with Gasteiger partial charge in [-0.3, -0.25) is 0 Å². The van der Waals surface area contributed by atoms with Gasteiger partial charge in [-0.1, -0.05) is 12.1 Å². The summed E-state index contributed by atoms with van der Waals surface area (Å²) < 4.78 is 13.7. The largest absolute Gasteiger partial charge is 0.505 e.